The molecule has 162 valence electrons. The number of hydrogen-bond donors (Lipinski definition) is 0. The van der Waals surface area contributed by atoms with Gasteiger partial charge in [0.1, 0.15) is 5.92 Å². The molecule has 30 heavy (non-hydrogen) atoms. The van der Waals surface area contributed by atoms with E-state index in [1.54, 1.807) is 24.3 Å². The highest BCUT2D eigenvalue weighted by Gasteiger charge is 2.30. The molecule has 0 heterocycles. The fraction of sp³-hybridized carbons (Fsp3) is 0.440. The van der Waals surface area contributed by atoms with Crippen molar-refractivity contribution in [3.8, 4) is 0 Å². The fourth-order valence-electron chi connectivity index (χ4n) is 3.30. The molecule has 0 radical (unpaired) electrons. The first kappa shape index (κ1) is 25.7. The summed E-state index contributed by atoms with van der Waals surface area (Å²) in [5.41, 5.74) is 1.21. The van der Waals surface area contributed by atoms with Crippen LogP contribution in [0.1, 0.15) is 80.1 Å². The molecule has 0 aromatic heterocycles. The highest BCUT2D eigenvalue weighted by molar-refractivity contribution is 7.00. The lowest BCUT2D eigenvalue weighted by Gasteiger charge is -2.16. The number of hydrogen-bond acceptors (Lipinski definition) is 4. The maximum absolute atomic E-state index is 12.9. The number of Topliss-reactive ketones (excluding diaryl/α,β-unsaturated/α-hetero) is 1. The van der Waals surface area contributed by atoms with Gasteiger partial charge in [-0.05, 0) is 12.0 Å². The van der Waals surface area contributed by atoms with Crippen LogP contribution in [0.15, 0.2) is 60.7 Å². The van der Waals surface area contributed by atoms with Crippen LogP contribution in [-0.2, 0) is 14.1 Å². The van der Waals surface area contributed by atoms with Gasteiger partial charge in [0.2, 0.25) is 0 Å². The number of benzene rings is 2. The molecule has 0 bridgehead atoms. The van der Waals surface area contributed by atoms with E-state index in [4.69, 9.17) is 9.30 Å². The summed E-state index contributed by atoms with van der Waals surface area (Å²) in [6.45, 7) is 2.60. The monoisotopic (exact) mass is 429 g/mol. The van der Waals surface area contributed by atoms with E-state index < -0.39 is 11.9 Å². The molecule has 2 aromatic carbocycles. The van der Waals surface area contributed by atoms with Crippen molar-refractivity contribution in [3.63, 3.8) is 0 Å². The van der Waals surface area contributed by atoms with Gasteiger partial charge in [-0.15, -0.1) is 0 Å². The molecular weight excluding hydrogens is 395 g/mol. The van der Waals surface area contributed by atoms with Gasteiger partial charge >= 0.3 is 15.1 Å². The highest BCUT2D eigenvalue weighted by atomic mass is 31.0. The molecule has 0 aliphatic carbocycles. The largest absolute Gasteiger partial charge is 0.465 e. The second-order valence-electron chi connectivity index (χ2n) is 7.22. The first-order valence-electron chi connectivity index (χ1n) is 10.8. The summed E-state index contributed by atoms with van der Waals surface area (Å²) >= 11 is 0. The molecule has 2 unspecified atom stereocenters. The Bertz CT molecular complexity index is 718. The predicted octanol–water partition coefficient (Wildman–Crippen LogP) is 6.54. The Morgan fingerprint density at radius 1 is 0.767 bits per heavy atom. The third-order valence-electron chi connectivity index (χ3n) is 4.93. The van der Waals surface area contributed by atoms with Gasteiger partial charge < -0.3 is 4.74 Å². The molecule has 0 aliphatic heterocycles. The van der Waals surface area contributed by atoms with Crippen molar-refractivity contribution in [1.82, 2.24) is 0 Å². The molecule has 2 aromatic rings. The molecule has 2 atom stereocenters. The second-order valence-corrected chi connectivity index (χ2v) is 7.22. The van der Waals surface area contributed by atoms with E-state index in [9.17, 15) is 9.59 Å². The van der Waals surface area contributed by atoms with Crippen LogP contribution >= 0.6 is 9.12 Å². The van der Waals surface area contributed by atoms with E-state index in [2.05, 4.69) is 6.92 Å². The van der Waals surface area contributed by atoms with Crippen LogP contribution in [0.25, 0.3) is 0 Å². The lowest BCUT2D eigenvalue weighted by molar-refractivity contribution is -0.144. The summed E-state index contributed by atoms with van der Waals surface area (Å²) in [4.78, 5) is 25.7. The Morgan fingerprint density at radius 2 is 1.27 bits per heavy atom. The normalized spacial score (nSPS) is 11.1. The predicted molar refractivity (Wildman–Crippen MR) is 124 cm³/mol. The zero-order valence-electron chi connectivity index (χ0n) is 17.9. The van der Waals surface area contributed by atoms with E-state index in [1.807, 2.05) is 36.4 Å². The maximum Gasteiger partial charge on any atom is 0.321 e. The Morgan fingerprint density at radius 3 is 1.83 bits per heavy atom. The summed E-state index contributed by atoms with van der Waals surface area (Å²) in [5, 5.41) is 0. The molecule has 0 spiro atoms. The van der Waals surface area contributed by atoms with E-state index in [-0.39, 0.29) is 5.78 Å². The number of esters is 1. The number of ether oxygens (including phenoxy) is 1. The minimum absolute atomic E-state index is 0.215. The van der Waals surface area contributed by atoms with Crippen molar-refractivity contribution < 1.29 is 18.9 Å². The quantitative estimate of drug-likeness (QED) is 0.119. The Labute approximate surface area is 182 Å². The van der Waals surface area contributed by atoms with Crippen molar-refractivity contribution >= 4 is 20.9 Å². The van der Waals surface area contributed by atoms with Crippen LogP contribution in [0.5, 0.6) is 0 Å². The average Bonchev–Trinajstić information content (AvgIpc) is 2.80. The van der Waals surface area contributed by atoms with Gasteiger partial charge in [0.25, 0.3) is 0 Å². The molecule has 0 saturated heterocycles. The van der Waals surface area contributed by atoms with Gasteiger partial charge in [0.15, 0.2) is 5.78 Å². The molecule has 0 aliphatic rings. The lowest BCUT2D eigenvalue weighted by atomic mass is 9.90. The minimum atomic E-state index is -0.905. The van der Waals surface area contributed by atoms with Crippen LogP contribution in [0.2, 0.25) is 0 Å². The Balaban J connectivity index is 0.00000218. The van der Waals surface area contributed by atoms with Crippen molar-refractivity contribution in [2.75, 3.05) is 6.61 Å². The summed E-state index contributed by atoms with van der Waals surface area (Å²) in [6, 6.07) is 18.1. The molecule has 0 fully saturated rings. The molecule has 5 heteroatoms. The zero-order chi connectivity index (χ0) is 22.0. The third-order valence-corrected chi connectivity index (χ3v) is 4.93. The second kappa shape index (κ2) is 16.5. The van der Waals surface area contributed by atoms with Crippen molar-refractivity contribution in [2.45, 2.75) is 64.2 Å². The average molecular weight is 430 g/mol. The third kappa shape index (κ3) is 9.45. The molecule has 2 rings (SSSR count). The number of ketones is 1. The highest BCUT2D eigenvalue weighted by Crippen LogP contribution is 2.23. The van der Waals surface area contributed by atoms with E-state index >= 15 is 0 Å². The first-order valence-corrected chi connectivity index (χ1v) is 11.3. The van der Waals surface area contributed by atoms with Crippen LogP contribution in [0.4, 0.5) is 0 Å². The van der Waals surface area contributed by atoms with Gasteiger partial charge in [-0.25, -0.2) is 0 Å². The van der Waals surface area contributed by atoms with Gasteiger partial charge in [-0.1, -0.05) is 117 Å². The van der Waals surface area contributed by atoms with Gasteiger partial charge in [-0.3, -0.25) is 9.59 Å². The Kier molecular flexibility index (Phi) is 14.1. The standard InChI is InChI=1S/C25H32O3.H2OP/c1-2-3-4-5-6-7-8-15-20-28-25(27)23(21-16-11-9-12-17-21)24(26)22-18-13-10-14-19-22;1-2/h9-14,16-19,23H,2-8,15,20H2,1H3;2H2/q;+1. The SMILES string of the molecule is CCCCCCCCCCOC(=O)C(C(=O)c1ccccc1)c1ccccc1.O=[PH2+]. The topological polar surface area (TPSA) is 60.4 Å². The number of rotatable bonds is 13. The number of carbonyl (C=O) groups is 2. The van der Waals surface area contributed by atoms with Crippen LogP contribution in [0.3, 0.4) is 0 Å². The molecular formula is C25H34O4P+. The van der Waals surface area contributed by atoms with E-state index in [1.165, 1.54) is 47.6 Å². The molecule has 0 N–H and O–H groups in total. The lowest BCUT2D eigenvalue weighted by Crippen LogP contribution is -2.24. The summed E-state index contributed by atoms with van der Waals surface area (Å²) in [6.07, 6.45) is 9.50. The minimum Gasteiger partial charge on any atom is -0.465 e. The summed E-state index contributed by atoms with van der Waals surface area (Å²) in [7, 11) is 1.17. The van der Waals surface area contributed by atoms with Gasteiger partial charge in [0, 0.05) is 5.56 Å². The number of unbranched alkanes of at least 4 members (excludes halogenated alkanes) is 7. The van der Waals surface area contributed by atoms with Gasteiger partial charge in [0.05, 0.1) is 6.61 Å². The van der Waals surface area contributed by atoms with E-state index in [0.29, 0.717) is 17.7 Å². The molecule has 0 saturated carbocycles. The summed E-state index contributed by atoms with van der Waals surface area (Å²) in [5.74, 6) is -1.58. The van der Waals surface area contributed by atoms with Crippen LogP contribution in [-0.4, -0.2) is 18.4 Å². The maximum atomic E-state index is 12.9. The van der Waals surface area contributed by atoms with Crippen molar-refractivity contribution in [3.05, 3.63) is 71.8 Å². The summed E-state index contributed by atoms with van der Waals surface area (Å²) < 4.78 is 13.7. The van der Waals surface area contributed by atoms with Crippen LogP contribution in [0, 0.1) is 0 Å². The fourth-order valence-corrected chi connectivity index (χ4v) is 3.30. The molecule has 0 amide bonds. The van der Waals surface area contributed by atoms with Gasteiger partial charge in [-0.2, -0.15) is 0 Å². The van der Waals surface area contributed by atoms with Crippen molar-refractivity contribution in [2.24, 2.45) is 0 Å². The molecule has 4 nitrogen and oxygen atoms in total. The van der Waals surface area contributed by atoms with Crippen LogP contribution < -0.4 is 0 Å². The first-order chi connectivity index (χ1) is 14.7. The van der Waals surface area contributed by atoms with E-state index in [0.717, 1.165) is 12.8 Å². The smallest absolute Gasteiger partial charge is 0.321 e. The number of carbonyl (C=O) groups excluding carboxylic acids is 2. The van der Waals surface area contributed by atoms with Crippen molar-refractivity contribution in [1.29, 1.82) is 0 Å². The Hall–Kier alpha value is -2.32. The zero-order valence-corrected chi connectivity index (χ0v) is 19.1.